The van der Waals surface area contributed by atoms with Gasteiger partial charge in [-0.3, -0.25) is 13.9 Å². The van der Waals surface area contributed by atoms with Gasteiger partial charge in [0.25, 0.3) is 10.0 Å². The Labute approximate surface area is 265 Å². The third kappa shape index (κ3) is 8.07. The summed E-state index contributed by atoms with van der Waals surface area (Å²) >= 11 is 6.22. The summed E-state index contributed by atoms with van der Waals surface area (Å²) in [7, 11) is -4.18. The average Bonchev–Trinajstić information content (AvgIpc) is 3.02. The van der Waals surface area contributed by atoms with Crippen LogP contribution in [0.25, 0.3) is 0 Å². The van der Waals surface area contributed by atoms with Gasteiger partial charge in [0.2, 0.25) is 11.8 Å². The molecule has 0 aliphatic heterocycles. The van der Waals surface area contributed by atoms with Gasteiger partial charge in [0.1, 0.15) is 12.6 Å². The van der Waals surface area contributed by atoms with Crippen molar-refractivity contribution in [3.05, 3.63) is 130 Å². The van der Waals surface area contributed by atoms with E-state index in [9.17, 15) is 18.0 Å². The molecule has 230 valence electrons. The van der Waals surface area contributed by atoms with E-state index in [2.05, 4.69) is 5.32 Å². The van der Waals surface area contributed by atoms with Gasteiger partial charge in [-0.2, -0.15) is 0 Å². The molecule has 0 bridgehead atoms. The van der Waals surface area contributed by atoms with Crippen LogP contribution in [0.2, 0.25) is 5.02 Å². The van der Waals surface area contributed by atoms with Crippen LogP contribution in [-0.2, 0) is 32.6 Å². The molecule has 1 atom stereocenters. The number of benzene rings is 4. The SMILES string of the molecule is CCCNC(=O)[C@H](Cc1ccccc1)N(Cc1ccccc1C)C(=O)CN(c1ccc(Cl)cc1C)S(=O)(=O)c1ccccc1. The molecule has 0 saturated carbocycles. The van der Waals surface area contributed by atoms with Crippen LogP contribution in [0.5, 0.6) is 0 Å². The number of rotatable bonds is 13. The molecule has 2 amide bonds. The van der Waals surface area contributed by atoms with Crippen LogP contribution >= 0.6 is 11.6 Å². The summed E-state index contributed by atoms with van der Waals surface area (Å²) in [6.45, 7) is 5.73. The molecule has 4 rings (SSSR count). The molecule has 0 saturated heterocycles. The van der Waals surface area contributed by atoms with Crippen molar-refractivity contribution in [2.45, 2.75) is 51.1 Å². The van der Waals surface area contributed by atoms with Gasteiger partial charge in [-0.25, -0.2) is 8.42 Å². The highest BCUT2D eigenvalue weighted by Gasteiger charge is 2.35. The third-order valence-electron chi connectivity index (χ3n) is 7.46. The largest absolute Gasteiger partial charge is 0.354 e. The number of hydrogen-bond acceptors (Lipinski definition) is 4. The molecule has 44 heavy (non-hydrogen) atoms. The predicted octanol–water partition coefficient (Wildman–Crippen LogP) is 6.32. The smallest absolute Gasteiger partial charge is 0.264 e. The lowest BCUT2D eigenvalue weighted by atomic mass is 10.0. The number of anilines is 1. The number of nitrogens with one attached hydrogen (secondary N) is 1. The molecule has 0 heterocycles. The standard InChI is InChI=1S/C35H38ClN3O4S/c1-4-21-37-35(41)33(23-28-14-7-5-8-15-28)38(24-29-16-12-11-13-26(29)2)34(40)25-39(32-20-19-30(36)22-27(32)3)44(42,43)31-17-9-6-10-18-31/h5-20,22,33H,4,21,23-25H2,1-3H3,(H,37,41)/t33-/m0/s1. The second kappa shape index (κ2) is 15.0. The number of carbonyl (C=O) groups is 2. The number of halogens is 1. The van der Waals surface area contributed by atoms with Crippen LogP contribution in [0.4, 0.5) is 5.69 Å². The topological polar surface area (TPSA) is 86.8 Å². The van der Waals surface area contributed by atoms with Gasteiger partial charge in [-0.05, 0) is 72.9 Å². The molecular formula is C35H38ClN3O4S. The van der Waals surface area contributed by atoms with E-state index in [1.807, 2.05) is 68.4 Å². The van der Waals surface area contributed by atoms with E-state index in [1.165, 1.54) is 17.0 Å². The van der Waals surface area contributed by atoms with E-state index in [0.717, 1.165) is 27.4 Å². The minimum atomic E-state index is -4.18. The van der Waals surface area contributed by atoms with Crippen LogP contribution in [0.15, 0.2) is 108 Å². The fourth-order valence-corrected chi connectivity index (χ4v) is 6.75. The molecule has 0 aliphatic rings. The second-order valence-electron chi connectivity index (χ2n) is 10.7. The van der Waals surface area contributed by atoms with Gasteiger partial charge in [-0.15, -0.1) is 0 Å². The minimum absolute atomic E-state index is 0.0501. The first-order valence-electron chi connectivity index (χ1n) is 14.6. The Morgan fingerprint density at radius 1 is 0.841 bits per heavy atom. The number of carbonyl (C=O) groups excluding carboxylic acids is 2. The van der Waals surface area contributed by atoms with E-state index in [-0.39, 0.29) is 23.8 Å². The molecule has 0 radical (unpaired) electrons. The van der Waals surface area contributed by atoms with Gasteiger partial charge in [-0.1, -0.05) is 91.3 Å². The van der Waals surface area contributed by atoms with Crippen molar-refractivity contribution in [3.63, 3.8) is 0 Å². The number of hydrogen-bond donors (Lipinski definition) is 1. The fourth-order valence-electron chi connectivity index (χ4n) is 5.02. The summed E-state index contributed by atoms with van der Waals surface area (Å²) in [4.78, 5) is 29.8. The van der Waals surface area contributed by atoms with Crippen molar-refractivity contribution in [2.75, 3.05) is 17.4 Å². The number of aryl methyl sites for hydroxylation is 2. The predicted molar refractivity (Wildman–Crippen MR) is 176 cm³/mol. The highest BCUT2D eigenvalue weighted by Crippen LogP contribution is 2.29. The monoisotopic (exact) mass is 631 g/mol. The van der Waals surface area contributed by atoms with Crippen molar-refractivity contribution < 1.29 is 18.0 Å². The summed E-state index contributed by atoms with van der Waals surface area (Å²) in [6, 6.07) is 29.2. The molecule has 9 heteroatoms. The molecule has 0 fully saturated rings. The molecule has 4 aromatic carbocycles. The number of nitrogens with zero attached hydrogens (tertiary/aromatic N) is 2. The van der Waals surface area contributed by atoms with Crippen molar-refractivity contribution in [3.8, 4) is 0 Å². The van der Waals surface area contributed by atoms with Gasteiger partial charge < -0.3 is 10.2 Å². The molecular weight excluding hydrogens is 594 g/mol. The Bertz CT molecular complexity index is 1680. The Hall–Kier alpha value is -4.14. The van der Waals surface area contributed by atoms with Crippen LogP contribution in [0, 0.1) is 13.8 Å². The van der Waals surface area contributed by atoms with Gasteiger partial charge in [0.05, 0.1) is 10.6 Å². The average molecular weight is 632 g/mol. The zero-order valence-electron chi connectivity index (χ0n) is 25.2. The Morgan fingerprint density at radius 2 is 1.48 bits per heavy atom. The Kier molecular flexibility index (Phi) is 11.2. The summed E-state index contributed by atoms with van der Waals surface area (Å²) in [6.07, 6.45) is 0.994. The molecule has 7 nitrogen and oxygen atoms in total. The lowest BCUT2D eigenvalue weighted by Crippen LogP contribution is -2.53. The van der Waals surface area contributed by atoms with Crippen LogP contribution in [0.1, 0.15) is 35.6 Å². The highest BCUT2D eigenvalue weighted by molar-refractivity contribution is 7.92. The first kappa shape index (κ1) is 32.8. The van der Waals surface area contributed by atoms with E-state index < -0.39 is 28.5 Å². The lowest BCUT2D eigenvalue weighted by Gasteiger charge is -2.34. The Morgan fingerprint density at radius 3 is 2.11 bits per heavy atom. The van der Waals surface area contributed by atoms with Crippen LogP contribution in [0.3, 0.4) is 0 Å². The zero-order chi connectivity index (χ0) is 31.7. The maximum atomic E-state index is 14.5. The summed E-state index contributed by atoms with van der Waals surface area (Å²) in [5, 5.41) is 3.42. The lowest BCUT2D eigenvalue weighted by molar-refractivity contribution is -0.140. The molecule has 1 N–H and O–H groups in total. The van der Waals surface area contributed by atoms with Crippen molar-refractivity contribution in [1.82, 2.24) is 10.2 Å². The van der Waals surface area contributed by atoms with E-state index in [4.69, 9.17) is 11.6 Å². The maximum Gasteiger partial charge on any atom is 0.264 e. The third-order valence-corrected chi connectivity index (χ3v) is 9.47. The van der Waals surface area contributed by atoms with E-state index in [0.29, 0.717) is 22.8 Å². The first-order chi connectivity index (χ1) is 21.1. The number of sulfonamides is 1. The van der Waals surface area contributed by atoms with Crippen molar-refractivity contribution >= 4 is 39.1 Å². The van der Waals surface area contributed by atoms with E-state index >= 15 is 0 Å². The van der Waals surface area contributed by atoms with E-state index in [1.54, 1.807) is 43.3 Å². The summed E-state index contributed by atoms with van der Waals surface area (Å²) < 4.78 is 29.4. The van der Waals surface area contributed by atoms with Gasteiger partial charge >= 0.3 is 0 Å². The Balaban J connectivity index is 1.82. The zero-order valence-corrected chi connectivity index (χ0v) is 26.8. The fraction of sp³-hybridized carbons (Fsp3) is 0.257. The minimum Gasteiger partial charge on any atom is -0.354 e. The quantitative estimate of drug-likeness (QED) is 0.187. The highest BCUT2D eigenvalue weighted by atomic mass is 35.5. The molecule has 0 spiro atoms. The summed E-state index contributed by atoms with van der Waals surface area (Å²) in [5.41, 5.74) is 3.63. The van der Waals surface area contributed by atoms with Gasteiger partial charge in [0.15, 0.2) is 0 Å². The molecule has 4 aromatic rings. The molecule has 0 aliphatic carbocycles. The maximum absolute atomic E-state index is 14.5. The normalized spacial score (nSPS) is 11.9. The molecule has 0 unspecified atom stereocenters. The van der Waals surface area contributed by atoms with Gasteiger partial charge in [0, 0.05) is 24.5 Å². The molecule has 0 aromatic heterocycles. The number of amides is 2. The van der Waals surface area contributed by atoms with Crippen molar-refractivity contribution in [1.29, 1.82) is 0 Å². The van der Waals surface area contributed by atoms with Crippen LogP contribution in [-0.4, -0.2) is 44.3 Å². The van der Waals surface area contributed by atoms with Crippen LogP contribution < -0.4 is 9.62 Å². The van der Waals surface area contributed by atoms with Crippen molar-refractivity contribution in [2.24, 2.45) is 0 Å². The summed E-state index contributed by atoms with van der Waals surface area (Å²) in [5.74, 6) is -0.799. The second-order valence-corrected chi connectivity index (χ2v) is 13.0. The first-order valence-corrected chi connectivity index (χ1v) is 16.4.